The minimum absolute atomic E-state index is 0.0603. The van der Waals surface area contributed by atoms with E-state index in [-0.39, 0.29) is 17.2 Å². The third-order valence-corrected chi connectivity index (χ3v) is 2.07. The Morgan fingerprint density at radius 1 is 1.62 bits per heavy atom. The first-order chi connectivity index (χ1) is 6.13. The smallest absolute Gasteiger partial charge is 0.309 e. The van der Waals surface area contributed by atoms with Gasteiger partial charge in [-0.1, -0.05) is 40.7 Å². The summed E-state index contributed by atoms with van der Waals surface area (Å²) in [5, 5.41) is 0. The van der Waals surface area contributed by atoms with Crippen LogP contribution in [0, 0.1) is 0 Å². The molecule has 0 aromatic rings. The van der Waals surface area contributed by atoms with Crippen LogP contribution in [0.4, 0.5) is 0 Å². The predicted octanol–water partition coefficient (Wildman–Crippen LogP) is 2.61. The van der Waals surface area contributed by atoms with Crippen LogP contribution < -0.4 is 0 Å². The van der Waals surface area contributed by atoms with E-state index in [0.29, 0.717) is 0 Å². The summed E-state index contributed by atoms with van der Waals surface area (Å²) < 4.78 is 4.53. The van der Waals surface area contributed by atoms with Crippen molar-refractivity contribution in [2.75, 3.05) is 7.11 Å². The van der Waals surface area contributed by atoms with Gasteiger partial charge in [0.25, 0.3) is 0 Å². The van der Waals surface area contributed by atoms with Gasteiger partial charge in [-0.3, -0.25) is 4.79 Å². The van der Waals surface area contributed by atoms with Gasteiger partial charge in [0.1, 0.15) is 0 Å². The molecule has 0 N–H and O–H groups in total. The summed E-state index contributed by atoms with van der Waals surface area (Å²) in [6.07, 6.45) is 5.46. The van der Waals surface area contributed by atoms with Gasteiger partial charge in [-0.2, -0.15) is 0 Å². The fraction of sp³-hybridized carbons (Fsp3) is 0.300. The molecule has 0 aliphatic heterocycles. The number of allylic oxidation sites excluding steroid dienone is 3. The Labute approximate surface area is 87.1 Å². The van der Waals surface area contributed by atoms with E-state index in [2.05, 4.69) is 33.8 Å². The monoisotopic (exact) mass is 244 g/mol. The van der Waals surface area contributed by atoms with Crippen LogP contribution in [-0.4, -0.2) is 17.9 Å². The Morgan fingerprint density at radius 3 is 2.62 bits per heavy atom. The van der Waals surface area contributed by atoms with E-state index in [1.807, 2.05) is 6.08 Å². The van der Waals surface area contributed by atoms with Crippen molar-refractivity contribution >= 4 is 21.9 Å². The highest BCUT2D eigenvalue weighted by molar-refractivity contribution is 9.09. The first kappa shape index (κ1) is 12.2. The molecule has 0 saturated carbocycles. The summed E-state index contributed by atoms with van der Waals surface area (Å²) in [6, 6.07) is 0. The van der Waals surface area contributed by atoms with Crippen LogP contribution in [0.25, 0.3) is 0 Å². The zero-order valence-electron chi connectivity index (χ0n) is 7.63. The number of carbonyl (C=O) groups is 1. The highest BCUT2D eigenvalue weighted by Gasteiger charge is 2.03. The molecular formula is C10H13BrO2. The van der Waals surface area contributed by atoms with Gasteiger partial charge in [0, 0.05) is 0 Å². The predicted molar refractivity (Wildman–Crippen MR) is 57.8 cm³/mol. The van der Waals surface area contributed by atoms with Gasteiger partial charge in [0.05, 0.1) is 18.4 Å². The lowest BCUT2D eigenvalue weighted by molar-refractivity contribution is -0.139. The molecule has 0 aliphatic carbocycles. The highest BCUT2D eigenvalue weighted by Crippen LogP contribution is 2.10. The topological polar surface area (TPSA) is 26.3 Å². The molecule has 0 spiro atoms. The minimum atomic E-state index is -0.269. The van der Waals surface area contributed by atoms with Gasteiger partial charge in [0.2, 0.25) is 0 Å². The summed E-state index contributed by atoms with van der Waals surface area (Å²) in [5.74, 6) is -0.269. The summed E-state index contributed by atoms with van der Waals surface area (Å²) in [4.78, 5) is 11.0. The summed E-state index contributed by atoms with van der Waals surface area (Å²) >= 11 is 3.34. The Hall–Kier alpha value is -0.830. The van der Waals surface area contributed by atoms with Crippen molar-refractivity contribution in [2.45, 2.75) is 11.2 Å². The van der Waals surface area contributed by atoms with E-state index >= 15 is 0 Å². The number of esters is 1. The number of hydrogen-bond donors (Lipinski definition) is 0. The van der Waals surface area contributed by atoms with E-state index in [4.69, 9.17) is 0 Å². The van der Waals surface area contributed by atoms with Gasteiger partial charge >= 0.3 is 5.97 Å². The third kappa shape index (κ3) is 5.42. The molecule has 0 fully saturated rings. The zero-order valence-corrected chi connectivity index (χ0v) is 9.21. The summed E-state index contributed by atoms with van der Waals surface area (Å²) in [6.45, 7) is 7.21. The Kier molecular flexibility index (Phi) is 6.24. The van der Waals surface area contributed by atoms with E-state index < -0.39 is 0 Å². The van der Waals surface area contributed by atoms with Gasteiger partial charge in [0.15, 0.2) is 0 Å². The molecular weight excluding hydrogens is 232 g/mol. The number of methoxy groups -OCH3 is 1. The standard InChI is InChI=1S/C10H13BrO2/c1-4-8(6-9(11)5-2)7-10(12)13-3/h4-6,9H,1-2,7H2,3H3/b8-6+. The van der Waals surface area contributed by atoms with Gasteiger partial charge in [-0.25, -0.2) is 0 Å². The van der Waals surface area contributed by atoms with Crippen molar-refractivity contribution in [2.24, 2.45) is 0 Å². The molecule has 0 heterocycles. The number of alkyl halides is 1. The molecule has 0 bridgehead atoms. The van der Waals surface area contributed by atoms with Gasteiger partial charge in [-0.15, -0.1) is 6.58 Å². The van der Waals surface area contributed by atoms with E-state index in [1.54, 1.807) is 12.2 Å². The second-order valence-electron chi connectivity index (χ2n) is 2.38. The second kappa shape index (κ2) is 6.66. The molecule has 0 radical (unpaired) electrons. The van der Waals surface area contributed by atoms with E-state index in [1.165, 1.54) is 7.11 Å². The van der Waals surface area contributed by atoms with Crippen LogP contribution in [0.1, 0.15) is 6.42 Å². The van der Waals surface area contributed by atoms with E-state index in [0.717, 1.165) is 5.57 Å². The number of carbonyl (C=O) groups excluding carboxylic acids is 1. The molecule has 3 heteroatoms. The fourth-order valence-corrected chi connectivity index (χ4v) is 1.05. The molecule has 0 aliphatic rings. The fourth-order valence-electron chi connectivity index (χ4n) is 0.711. The van der Waals surface area contributed by atoms with Gasteiger partial charge in [-0.05, 0) is 5.57 Å². The van der Waals surface area contributed by atoms with Crippen molar-refractivity contribution in [3.8, 4) is 0 Å². The molecule has 0 aromatic heterocycles. The van der Waals surface area contributed by atoms with Crippen molar-refractivity contribution < 1.29 is 9.53 Å². The number of ether oxygens (including phenoxy) is 1. The summed E-state index contributed by atoms with van der Waals surface area (Å²) in [7, 11) is 1.36. The van der Waals surface area contributed by atoms with Crippen molar-refractivity contribution in [1.29, 1.82) is 0 Å². The van der Waals surface area contributed by atoms with Crippen molar-refractivity contribution in [3.63, 3.8) is 0 Å². The van der Waals surface area contributed by atoms with Crippen LogP contribution in [0.5, 0.6) is 0 Å². The number of halogens is 1. The molecule has 0 aromatic carbocycles. The molecule has 0 amide bonds. The van der Waals surface area contributed by atoms with Crippen molar-refractivity contribution in [1.82, 2.24) is 0 Å². The minimum Gasteiger partial charge on any atom is -0.469 e. The van der Waals surface area contributed by atoms with Crippen LogP contribution in [0.2, 0.25) is 0 Å². The average molecular weight is 245 g/mol. The molecule has 1 unspecified atom stereocenters. The molecule has 2 nitrogen and oxygen atoms in total. The number of hydrogen-bond acceptors (Lipinski definition) is 2. The van der Waals surface area contributed by atoms with Crippen LogP contribution in [0.15, 0.2) is 37.0 Å². The molecule has 72 valence electrons. The number of rotatable bonds is 5. The maximum Gasteiger partial charge on any atom is 0.309 e. The lowest BCUT2D eigenvalue weighted by Gasteiger charge is -2.02. The largest absolute Gasteiger partial charge is 0.469 e. The van der Waals surface area contributed by atoms with E-state index in [9.17, 15) is 4.79 Å². The van der Waals surface area contributed by atoms with Crippen molar-refractivity contribution in [3.05, 3.63) is 37.0 Å². The maximum atomic E-state index is 10.9. The van der Waals surface area contributed by atoms with Crippen LogP contribution >= 0.6 is 15.9 Å². The van der Waals surface area contributed by atoms with Crippen LogP contribution in [0.3, 0.4) is 0 Å². The van der Waals surface area contributed by atoms with Gasteiger partial charge < -0.3 is 4.74 Å². The first-order valence-electron chi connectivity index (χ1n) is 3.80. The molecule has 13 heavy (non-hydrogen) atoms. The quantitative estimate of drug-likeness (QED) is 0.322. The molecule has 1 atom stereocenters. The molecule has 0 saturated heterocycles. The summed E-state index contributed by atoms with van der Waals surface area (Å²) in [5.41, 5.74) is 0.827. The normalized spacial score (nSPS) is 13.2. The Morgan fingerprint density at radius 2 is 2.23 bits per heavy atom. The lowest BCUT2D eigenvalue weighted by Crippen LogP contribution is -2.01. The SMILES string of the molecule is C=C/C(=C\C(Br)C=C)CC(=O)OC. The molecule has 0 rings (SSSR count). The second-order valence-corrected chi connectivity index (χ2v) is 3.44. The third-order valence-electron chi connectivity index (χ3n) is 1.44. The lowest BCUT2D eigenvalue weighted by atomic mass is 10.1. The maximum absolute atomic E-state index is 10.9. The van der Waals surface area contributed by atoms with Crippen LogP contribution in [-0.2, 0) is 9.53 Å². The highest BCUT2D eigenvalue weighted by atomic mass is 79.9. The average Bonchev–Trinajstić information content (AvgIpc) is 2.16. The first-order valence-corrected chi connectivity index (χ1v) is 4.72. The Bertz CT molecular complexity index is 231. The zero-order chi connectivity index (χ0) is 10.3. The Balaban J connectivity index is 4.32.